The zero-order valence-electron chi connectivity index (χ0n) is 13.5. The molecule has 0 bridgehead atoms. The van der Waals surface area contributed by atoms with E-state index in [1.165, 1.54) is 28.5 Å². The van der Waals surface area contributed by atoms with Crippen LogP contribution in [0, 0.1) is 5.41 Å². The molecular weight excluding hydrogens is 304 g/mol. The van der Waals surface area contributed by atoms with E-state index in [9.17, 15) is 8.42 Å². The number of nitrogens with one attached hydrogen (secondary N) is 1. The summed E-state index contributed by atoms with van der Waals surface area (Å²) in [5.74, 6) is 0. The van der Waals surface area contributed by atoms with E-state index < -0.39 is 10.0 Å². The Balaban J connectivity index is 2.11. The van der Waals surface area contributed by atoms with E-state index in [1.54, 1.807) is 13.1 Å². The average Bonchev–Trinajstić information content (AvgIpc) is 3.09. The van der Waals surface area contributed by atoms with Gasteiger partial charge in [-0.2, -0.15) is 4.31 Å². The van der Waals surface area contributed by atoms with Gasteiger partial charge in [-0.1, -0.05) is 20.8 Å². The lowest BCUT2D eigenvalue weighted by Gasteiger charge is -2.34. The molecule has 0 radical (unpaired) electrons. The fourth-order valence-electron chi connectivity index (χ4n) is 2.03. The Kier molecular flexibility index (Phi) is 4.83. The summed E-state index contributed by atoms with van der Waals surface area (Å²) < 4.78 is 27.3. The molecule has 1 heterocycles. The molecule has 1 fully saturated rings. The Bertz CT molecular complexity index is 583. The summed E-state index contributed by atoms with van der Waals surface area (Å²) in [4.78, 5) is 0. The zero-order valence-corrected chi connectivity index (χ0v) is 15.1. The summed E-state index contributed by atoms with van der Waals surface area (Å²) in [5.41, 5.74) is 0.970. The van der Waals surface area contributed by atoms with Crippen molar-refractivity contribution in [1.29, 1.82) is 0 Å². The first-order chi connectivity index (χ1) is 9.62. The second kappa shape index (κ2) is 5.99. The van der Waals surface area contributed by atoms with Gasteiger partial charge in [-0.05, 0) is 42.2 Å². The molecule has 1 aliphatic carbocycles. The van der Waals surface area contributed by atoms with Crippen molar-refractivity contribution >= 4 is 21.4 Å². The second-order valence-corrected chi connectivity index (χ2v) is 10.1. The van der Waals surface area contributed by atoms with E-state index in [0.29, 0.717) is 10.3 Å². The van der Waals surface area contributed by atoms with Gasteiger partial charge in [0.05, 0.1) is 0 Å². The molecule has 120 valence electrons. The van der Waals surface area contributed by atoms with Crippen LogP contribution < -0.4 is 5.32 Å². The van der Waals surface area contributed by atoms with E-state index in [1.807, 2.05) is 12.3 Å². The Hall–Kier alpha value is -0.430. The molecule has 0 aliphatic heterocycles. The van der Waals surface area contributed by atoms with Crippen molar-refractivity contribution in [3.63, 3.8) is 0 Å². The van der Waals surface area contributed by atoms with Crippen LogP contribution in [0.1, 0.15) is 46.1 Å². The fourth-order valence-corrected chi connectivity index (χ4v) is 4.96. The third-order valence-corrected chi connectivity index (χ3v) is 7.63. The molecule has 1 aromatic rings. The minimum Gasteiger partial charge on any atom is -0.310 e. The monoisotopic (exact) mass is 330 g/mol. The highest BCUT2D eigenvalue weighted by atomic mass is 32.2. The molecule has 1 aliphatic rings. The van der Waals surface area contributed by atoms with E-state index in [0.717, 1.165) is 12.1 Å². The Morgan fingerprint density at radius 2 is 2.05 bits per heavy atom. The first kappa shape index (κ1) is 16.9. The molecule has 1 aromatic heterocycles. The highest BCUT2D eigenvalue weighted by Gasteiger charge is 2.33. The molecule has 2 rings (SSSR count). The van der Waals surface area contributed by atoms with Crippen LogP contribution in [0.15, 0.2) is 15.7 Å². The SMILES string of the molecule is CC(N(C)S(=O)(=O)c1cc(CNC2CC2)cs1)C(C)(C)C. The first-order valence-corrected chi connectivity index (χ1v) is 9.73. The van der Waals surface area contributed by atoms with Crippen LogP contribution in [0.5, 0.6) is 0 Å². The summed E-state index contributed by atoms with van der Waals surface area (Å²) in [6.07, 6.45) is 2.47. The quantitative estimate of drug-likeness (QED) is 0.872. The van der Waals surface area contributed by atoms with E-state index in [-0.39, 0.29) is 11.5 Å². The van der Waals surface area contributed by atoms with Crippen LogP contribution >= 0.6 is 11.3 Å². The molecule has 0 spiro atoms. The number of hydrogen-bond acceptors (Lipinski definition) is 4. The van der Waals surface area contributed by atoms with Crippen molar-refractivity contribution in [3.8, 4) is 0 Å². The van der Waals surface area contributed by atoms with Crippen LogP contribution in [0.25, 0.3) is 0 Å². The molecule has 6 heteroatoms. The smallest absolute Gasteiger partial charge is 0.252 e. The van der Waals surface area contributed by atoms with Crippen LogP contribution in [0.3, 0.4) is 0 Å². The Morgan fingerprint density at radius 3 is 2.57 bits per heavy atom. The van der Waals surface area contributed by atoms with Gasteiger partial charge < -0.3 is 5.32 Å². The second-order valence-electron chi connectivity index (χ2n) is 6.99. The van der Waals surface area contributed by atoms with Gasteiger partial charge in [0, 0.05) is 25.7 Å². The van der Waals surface area contributed by atoms with Crippen molar-refractivity contribution < 1.29 is 8.42 Å². The van der Waals surface area contributed by atoms with Gasteiger partial charge in [-0.3, -0.25) is 0 Å². The molecule has 1 N–H and O–H groups in total. The van der Waals surface area contributed by atoms with Crippen molar-refractivity contribution in [2.24, 2.45) is 5.41 Å². The van der Waals surface area contributed by atoms with Crippen molar-refractivity contribution in [1.82, 2.24) is 9.62 Å². The van der Waals surface area contributed by atoms with Gasteiger partial charge in [0.25, 0.3) is 10.0 Å². The molecule has 1 unspecified atom stereocenters. The van der Waals surface area contributed by atoms with Gasteiger partial charge in [0.2, 0.25) is 0 Å². The Labute approximate surface area is 132 Å². The van der Waals surface area contributed by atoms with Crippen LogP contribution in [-0.2, 0) is 16.6 Å². The maximum Gasteiger partial charge on any atom is 0.252 e. The summed E-state index contributed by atoms with van der Waals surface area (Å²) in [5, 5.41) is 5.35. The van der Waals surface area contributed by atoms with E-state index >= 15 is 0 Å². The van der Waals surface area contributed by atoms with Gasteiger partial charge in [0.1, 0.15) is 4.21 Å². The summed E-state index contributed by atoms with van der Waals surface area (Å²) in [6.45, 7) is 8.89. The third kappa shape index (κ3) is 4.06. The van der Waals surface area contributed by atoms with E-state index in [2.05, 4.69) is 26.1 Å². The zero-order chi connectivity index (χ0) is 15.8. The molecule has 1 atom stereocenters. The maximum atomic E-state index is 12.7. The van der Waals surface area contributed by atoms with Crippen molar-refractivity contribution in [3.05, 3.63) is 17.0 Å². The predicted octanol–water partition coefficient (Wildman–Crippen LogP) is 3.06. The van der Waals surface area contributed by atoms with Crippen molar-refractivity contribution in [2.75, 3.05) is 7.05 Å². The first-order valence-electron chi connectivity index (χ1n) is 7.41. The average molecular weight is 331 g/mol. The van der Waals surface area contributed by atoms with Crippen molar-refractivity contribution in [2.45, 2.75) is 63.4 Å². The van der Waals surface area contributed by atoms with Crippen LogP contribution in [-0.4, -0.2) is 31.9 Å². The number of sulfonamides is 1. The predicted molar refractivity (Wildman–Crippen MR) is 88.0 cm³/mol. The summed E-state index contributed by atoms with van der Waals surface area (Å²) >= 11 is 1.32. The lowest BCUT2D eigenvalue weighted by Crippen LogP contribution is -2.42. The van der Waals surface area contributed by atoms with Gasteiger partial charge in [-0.25, -0.2) is 8.42 Å². The van der Waals surface area contributed by atoms with E-state index in [4.69, 9.17) is 0 Å². The molecule has 21 heavy (non-hydrogen) atoms. The van der Waals surface area contributed by atoms with Gasteiger partial charge in [-0.15, -0.1) is 11.3 Å². The molecule has 0 aromatic carbocycles. The van der Waals surface area contributed by atoms with Crippen LogP contribution in [0.2, 0.25) is 0 Å². The van der Waals surface area contributed by atoms with Crippen LogP contribution in [0.4, 0.5) is 0 Å². The minimum atomic E-state index is -3.40. The number of nitrogens with zero attached hydrogens (tertiary/aromatic N) is 1. The molecule has 1 saturated carbocycles. The molecular formula is C15H26N2O2S2. The topological polar surface area (TPSA) is 49.4 Å². The van der Waals surface area contributed by atoms with Gasteiger partial charge >= 0.3 is 0 Å². The van der Waals surface area contributed by atoms with Gasteiger partial charge in [0.15, 0.2) is 0 Å². The minimum absolute atomic E-state index is 0.0577. The standard InChI is InChI=1S/C15H26N2O2S2/c1-11(15(2,3)4)17(5)21(18,19)14-8-12(10-20-14)9-16-13-6-7-13/h8,10-11,13,16H,6-7,9H2,1-5H3. The maximum absolute atomic E-state index is 12.7. The number of thiophene rings is 1. The highest BCUT2D eigenvalue weighted by molar-refractivity contribution is 7.91. The summed E-state index contributed by atoms with van der Waals surface area (Å²) in [6, 6.07) is 2.38. The third-order valence-electron chi connectivity index (χ3n) is 4.23. The molecule has 0 saturated heterocycles. The normalized spacial score (nSPS) is 18.2. The summed E-state index contributed by atoms with van der Waals surface area (Å²) in [7, 11) is -1.73. The highest BCUT2D eigenvalue weighted by Crippen LogP contribution is 2.30. The molecule has 0 amide bonds. The molecule has 4 nitrogen and oxygen atoms in total. The lowest BCUT2D eigenvalue weighted by molar-refractivity contribution is 0.217. The fraction of sp³-hybridized carbons (Fsp3) is 0.733. The Morgan fingerprint density at radius 1 is 1.43 bits per heavy atom. The number of rotatable bonds is 6. The number of hydrogen-bond donors (Lipinski definition) is 1. The lowest BCUT2D eigenvalue weighted by atomic mass is 9.88. The largest absolute Gasteiger partial charge is 0.310 e.